The average Bonchev–Trinajstić information content (AvgIpc) is 3.09. The van der Waals surface area contributed by atoms with Gasteiger partial charge in [0, 0.05) is 24.9 Å². The molecule has 0 unspecified atom stereocenters. The van der Waals surface area contributed by atoms with Crippen molar-refractivity contribution < 1.29 is 9.53 Å². The molecule has 1 aliphatic rings. The summed E-state index contributed by atoms with van der Waals surface area (Å²) in [6, 6.07) is 8.12. The number of ether oxygens (including phenoxy) is 1. The summed E-state index contributed by atoms with van der Waals surface area (Å²) in [5.41, 5.74) is 1.08. The molecule has 0 spiro atoms. The highest BCUT2D eigenvalue weighted by Crippen LogP contribution is 2.23. The summed E-state index contributed by atoms with van der Waals surface area (Å²) < 4.78 is 5.80. The molecule has 2 aromatic heterocycles. The maximum Gasteiger partial charge on any atom is 0.321 e. The van der Waals surface area contributed by atoms with E-state index in [1.165, 1.54) is 23.8 Å². The van der Waals surface area contributed by atoms with Crippen LogP contribution in [0.5, 0.6) is 5.88 Å². The molecule has 1 fully saturated rings. The number of hydrogen-bond donors (Lipinski definition) is 2. The van der Waals surface area contributed by atoms with Gasteiger partial charge >= 0.3 is 6.03 Å². The normalized spacial score (nSPS) is 14.3. The van der Waals surface area contributed by atoms with Crippen LogP contribution >= 0.6 is 0 Å². The Kier molecular flexibility index (Phi) is 5.33. The number of urea groups is 1. The van der Waals surface area contributed by atoms with E-state index in [-0.39, 0.29) is 17.7 Å². The number of anilines is 1. The molecule has 3 rings (SSSR count). The van der Waals surface area contributed by atoms with Crippen molar-refractivity contribution in [2.45, 2.75) is 38.3 Å². The highest BCUT2D eigenvalue weighted by atomic mass is 16.5. The molecule has 2 heterocycles. The Labute approximate surface area is 146 Å². The van der Waals surface area contributed by atoms with Gasteiger partial charge < -0.3 is 19.9 Å². The van der Waals surface area contributed by atoms with Crippen molar-refractivity contribution in [3.63, 3.8) is 0 Å². The van der Waals surface area contributed by atoms with Gasteiger partial charge in [0.2, 0.25) is 11.4 Å². The fourth-order valence-electron chi connectivity index (χ4n) is 2.83. The first kappa shape index (κ1) is 17.0. The molecule has 0 saturated heterocycles. The summed E-state index contributed by atoms with van der Waals surface area (Å²) in [5.74, 6) is 0.583. The van der Waals surface area contributed by atoms with Gasteiger partial charge in [-0.15, -0.1) is 0 Å². The second-order valence-corrected chi connectivity index (χ2v) is 6.24. The Morgan fingerprint density at radius 1 is 1.32 bits per heavy atom. The SMILES string of the molecule is CN(Cc1cccc(=O)[nH]1)C(=O)Nc1ccc(OC2CCCC2)nc1. The second kappa shape index (κ2) is 7.83. The maximum absolute atomic E-state index is 12.2. The number of nitrogens with one attached hydrogen (secondary N) is 2. The summed E-state index contributed by atoms with van der Waals surface area (Å²) in [4.78, 5) is 31.9. The number of nitrogens with zero attached hydrogens (tertiary/aromatic N) is 2. The average molecular weight is 342 g/mol. The summed E-state index contributed by atoms with van der Waals surface area (Å²) in [5, 5.41) is 2.77. The van der Waals surface area contributed by atoms with Crippen molar-refractivity contribution in [2.24, 2.45) is 0 Å². The Balaban J connectivity index is 1.53. The van der Waals surface area contributed by atoms with Crippen LogP contribution in [0.25, 0.3) is 0 Å². The Morgan fingerprint density at radius 3 is 2.80 bits per heavy atom. The first-order valence-corrected chi connectivity index (χ1v) is 8.43. The second-order valence-electron chi connectivity index (χ2n) is 6.24. The third-order valence-corrected chi connectivity index (χ3v) is 4.16. The zero-order valence-electron chi connectivity index (χ0n) is 14.2. The van der Waals surface area contributed by atoms with Crippen LogP contribution in [0.3, 0.4) is 0 Å². The number of hydrogen-bond acceptors (Lipinski definition) is 4. The molecule has 25 heavy (non-hydrogen) atoms. The lowest BCUT2D eigenvalue weighted by molar-refractivity contribution is 0.201. The molecule has 0 radical (unpaired) electrons. The van der Waals surface area contributed by atoms with E-state index in [9.17, 15) is 9.59 Å². The quantitative estimate of drug-likeness (QED) is 0.874. The zero-order valence-corrected chi connectivity index (χ0v) is 14.2. The third kappa shape index (κ3) is 4.82. The lowest BCUT2D eigenvalue weighted by atomic mass is 10.3. The smallest absolute Gasteiger partial charge is 0.321 e. The number of aromatic nitrogens is 2. The van der Waals surface area contributed by atoms with Gasteiger partial charge in [0.25, 0.3) is 0 Å². The molecule has 7 heteroatoms. The number of rotatable bonds is 5. The van der Waals surface area contributed by atoms with Gasteiger partial charge in [0.1, 0.15) is 6.10 Å². The van der Waals surface area contributed by atoms with E-state index in [1.54, 1.807) is 37.5 Å². The van der Waals surface area contributed by atoms with E-state index in [2.05, 4.69) is 15.3 Å². The molecule has 2 amide bonds. The van der Waals surface area contributed by atoms with Crippen LogP contribution in [-0.2, 0) is 6.54 Å². The predicted octanol–water partition coefficient (Wildman–Crippen LogP) is 2.76. The maximum atomic E-state index is 12.2. The van der Waals surface area contributed by atoms with Gasteiger partial charge in [-0.25, -0.2) is 9.78 Å². The van der Waals surface area contributed by atoms with Gasteiger partial charge in [-0.3, -0.25) is 4.79 Å². The summed E-state index contributed by atoms with van der Waals surface area (Å²) in [6.45, 7) is 0.304. The van der Waals surface area contributed by atoms with Crippen molar-refractivity contribution in [1.82, 2.24) is 14.9 Å². The zero-order chi connectivity index (χ0) is 17.6. The van der Waals surface area contributed by atoms with Crippen molar-refractivity contribution >= 4 is 11.7 Å². The Morgan fingerprint density at radius 2 is 2.12 bits per heavy atom. The lowest BCUT2D eigenvalue weighted by Crippen LogP contribution is -2.31. The molecule has 1 saturated carbocycles. The fourth-order valence-corrected chi connectivity index (χ4v) is 2.83. The number of pyridine rings is 2. The van der Waals surface area contributed by atoms with Gasteiger partial charge in [0.15, 0.2) is 0 Å². The third-order valence-electron chi connectivity index (χ3n) is 4.16. The molecule has 132 valence electrons. The van der Waals surface area contributed by atoms with Crippen molar-refractivity contribution in [3.8, 4) is 5.88 Å². The van der Waals surface area contributed by atoms with E-state index < -0.39 is 0 Å². The number of aromatic amines is 1. The van der Waals surface area contributed by atoms with Crippen LogP contribution in [0.2, 0.25) is 0 Å². The molecule has 2 aromatic rings. The largest absolute Gasteiger partial charge is 0.474 e. The monoisotopic (exact) mass is 342 g/mol. The summed E-state index contributed by atoms with van der Waals surface area (Å²) >= 11 is 0. The van der Waals surface area contributed by atoms with E-state index in [0.717, 1.165) is 12.8 Å². The Hall–Kier alpha value is -2.83. The minimum Gasteiger partial charge on any atom is -0.474 e. The number of carbonyl (C=O) groups is 1. The van der Waals surface area contributed by atoms with Crippen LogP contribution in [0.1, 0.15) is 31.4 Å². The van der Waals surface area contributed by atoms with Gasteiger partial charge in [0.05, 0.1) is 18.4 Å². The van der Waals surface area contributed by atoms with E-state index in [0.29, 0.717) is 23.8 Å². The summed E-state index contributed by atoms with van der Waals surface area (Å²) in [7, 11) is 1.66. The van der Waals surface area contributed by atoms with Crippen molar-refractivity contribution in [2.75, 3.05) is 12.4 Å². The molecular weight excluding hydrogens is 320 g/mol. The topological polar surface area (TPSA) is 87.3 Å². The van der Waals surface area contributed by atoms with Gasteiger partial charge in [-0.05, 0) is 37.8 Å². The van der Waals surface area contributed by atoms with Gasteiger partial charge in [-0.2, -0.15) is 0 Å². The molecule has 7 nitrogen and oxygen atoms in total. The van der Waals surface area contributed by atoms with Gasteiger partial charge in [-0.1, -0.05) is 6.07 Å². The fraction of sp³-hybridized carbons (Fsp3) is 0.389. The lowest BCUT2D eigenvalue weighted by Gasteiger charge is -2.18. The van der Waals surface area contributed by atoms with Crippen molar-refractivity contribution in [3.05, 3.63) is 52.6 Å². The van der Waals surface area contributed by atoms with Crippen LogP contribution in [0.4, 0.5) is 10.5 Å². The van der Waals surface area contributed by atoms with E-state index in [1.807, 2.05) is 0 Å². The summed E-state index contributed by atoms with van der Waals surface area (Å²) in [6.07, 6.45) is 6.40. The molecule has 0 atom stereocenters. The van der Waals surface area contributed by atoms with Crippen LogP contribution in [0, 0.1) is 0 Å². The molecule has 0 aliphatic heterocycles. The Bertz CT molecular complexity index is 766. The number of H-pyrrole nitrogens is 1. The number of carbonyl (C=O) groups excluding carboxylic acids is 1. The predicted molar refractivity (Wildman–Crippen MR) is 94.7 cm³/mol. The minimum atomic E-state index is -0.282. The van der Waals surface area contributed by atoms with E-state index >= 15 is 0 Å². The first-order chi connectivity index (χ1) is 12.1. The number of amides is 2. The van der Waals surface area contributed by atoms with Crippen LogP contribution in [-0.4, -0.2) is 34.1 Å². The first-order valence-electron chi connectivity index (χ1n) is 8.43. The van der Waals surface area contributed by atoms with Crippen LogP contribution < -0.4 is 15.6 Å². The minimum absolute atomic E-state index is 0.187. The highest BCUT2D eigenvalue weighted by Gasteiger charge is 2.17. The molecule has 0 bridgehead atoms. The molecule has 1 aliphatic carbocycles. The van der Waals surface area contributed by atoms with E-state index in [4.69, 9.17) is 4.74 Å². The highest BCUT2D eigenvalue weighted by molar-refractivity contribution is 5.88. The molecule has 2 N–H and O–H groups in total. The standard InChI is InChI=1S/C18H22N4O3/c1-22(12-14-5-4-8-16(23)20-14)18(24)21-13-9-10-17(19-11-13)25-15-6-2-3-7-15/h4-5,8-11,15H,2-3,6-7,12H2,1H3,(H,20,23)(H,21,24). The molecule has 0 aromatic carbocycles. The molecular formula is C18H22N4O3. The van der Waals surface area contributed by atoms with Crippen molar-refractivity contribution in [1.29, 1.82) is 0 Å². The van der Waals surface area contributed by atoms with Crippen LogP contribution in [0.15, 0.2) is 41.3 Å².